The van der Waals surface area contributed by atoms with Crippen LogP contribution in [-0.4, -0.2) is 127 Å². The topological polar surface area (TPSA) is 68.4 Å². The lowest BCUT2D eigenvalue weighted by molar-refractivity contribution is -0.213. The van der Waals surface area contributed by atoms with Crippen molar-refractivity contribution in [2.75, 3.05) is 53.4 Å². The van der Waals surface area contributed by atoms with E-state index >= 15 is 4.39 Å². The second kappa shape index (κ2) is 11.9. The van der Waals surface area contributed by atoms with Gasteiger partial charge in [-0.05, 0) is 66.6 Å². The largest absolute Gasteiger partial charge is 0.369 e. The van der Waals surface area contributed by atoms with Crippen molar-refractivity contribution in [2.24, 2.45) is 5.92 Å². The van der Waals surface area contributed by atoms with Gasteiger partial charge in [0, 0.05) is 50.9 Å². The van der Waals surface area contributed by atoms with E-state index in [1.54, 1.807) is 0 Å². The highest BCUT2D eigenvalue weighted by molar-refractivity contribution is 6.20. The summed E-state index contributed by atoms with van der Waals surface area (Å²) in [5.74, 6) is -1.05. The first-order valence-electron chi connectivity index (χ1n) is 15.0. The molecule has 8 nitrogen and oxygen atoms in total. The Morgan fingerprint density at radius 1 is 1.13 bits per heavy atom. The number of nitrogens with one attached hydrogen (secondary N) is 1. The monoisotopic (exact) mass is 533 g/mol. The van der Waals surface area contributed by atoms with Crippen molar-refractivity contribution in [3.05, 3.63) is 11.8 Å². The van der Waals surface area contributed by atoms with Crippen molar-refractivity contribution in [1.29, 1.82) is 0 Å². The summed E-state index contributed by atoms with van der Waals surface area (Å²) < 4.78 is 22.9. The number of rotatable bonds is 8. The summed E-state index contributed by atoms with van der Waals surface area (Å²) in [6, 6.07) is 0.0954. The summed E-state index contributed by atoms with van der Waals surface area (Å²) in [7, 11) is 4.07. The molecule has 0 bridgehead atoms. The van der Waals surface area contributed by atoms with Gasteiger partial charge in [-0.15, -0.1) is 0 Å². The maximum absolute atomic E-state index is 16.1. The molecule has 0 aromatic heterocycles. The average molecular weight is 534 g/mol. The Kier molecular flexibility index (Phi) is 8.77. The number of alkyl halides is 1. The predicted molar refractivity (Wildman–Crippen MR) is 146 cm³/mol. The number of piperazine rings is 1. The number of ketones is 1. The van der Waals surface area contributed by atoms with Crippen LogP contribution in [-0.2, 0) is 14.3 Å². The Hall–Kier alpha value is -1.55. The van der Waals surface area contributed by atoms with E-state index < -0.39 is 12.1 Å². The van der Waals surface area contributed by atoms with E-state index in [2.05, 4.69) is 38.8 Å². The highest BCUT2D eigenvalue weighted by Gasteiger charge is 2.59. The van der Waals surface area contributed by atoms with Crippen LogP contribution in [0, 0.1) is 5.92 Å². The molecule has 3 heterocycles. The molecule has 1 amide bonds. The Balaban J connectivity index is 1.36. The standard InChI is InChI=1S/C29H48FN5O3/c1-19(2)33-13-15-34(16-14-33)26-22(30)17-20-25-28(26)38-24-10-6-5-9-23(24)35(25)18-21(27(20)36)29(37)31-11-7-8-12-32(3)4/h18-20,22-26,28H,5-17H2,1-4H3,(H,31,37). The van der Waals surface area contributed by atoms with E-state index in [0.29, 0.717) is 12.6 Å². The number of amides is 1. The second-order valence-electron chi connectivity index (χ2n) is 12.6. The van der Waals surface area contributed by atoms with E-state index in [0.717, 1.165) is 71.2 Å². The molecule has 5 rings (SSSR count). The molecule has 2 saturated heterocycles. The summed E-state index contributed by atoms with van der Waals surface area (Å²) in [5.41, 5.74) is 0.208. The molecule has 0 spiro atoms. The van der Waals surface area contributed by atoms with Crippen LogP contribution in [0.1, 0.15) is 58.8 Å². The minimum absolute atomic E-state index is 0.0233. The van der Waals surface area contributed by atoms with Crippen LogP contribution in [0.2, 0.25) is 0 Å². The van der Waals surface area contributed by atoms with Crippen LogP contribution in [0.15, 0.2) is 11.8 Å². The summed E-state index contributed by atoms with van der Waals surface area (Å²) in [5, 5.41) is 2.97. The molecule has 7 unspecified atom stereocenters. The third kappa shape index (κ3) is 5.54. The van der Waals surface area contributed by atoms with Gasteiger partial charge in [0.05, 0.1) is 35.9 Å². The molecule has 4 fully saturated rings. The molecular formula is C29H48FN5O3. The van der Waals surface area contributed by atoms with Crippen molar-refractivity contribution in [3.63, 3.8) is 0 Å². The third-order valence-electron chi connectivity index (χ3n) is 9.61. The van der Waals surface area contributed by atoms with Crippen molar-refractivity contribution >= 4 is 11.7 Å². The number of ether oxygens (including phenoxy) is 1. The zero-order valence-corrected chi connectivity index (χ0v) is 23.8. The van der Waals surface area contributed by atoms with Crippen molar-refractivity contribution in [2.45, 2.75) is 101 Å². The highest BCUT2D eigenvalue weighted by Crippen LogP contribution is 2.46. The molecule has 0 radical (unpaired) electrons. The molecule has 1 N–H and O–H groups in total. The third-order valence-corrected chi connectivity index (χ3v) is 9.61. The van der Waals surface area contributed by atoms with Crippen molar-refractivity contribution < 1.29 is 18.7 Å². The number of halogens is 1. The van der Waals surface area contributed by atoms with Crippen molar-refractivity contribution in [3.8, 4) is 0 Å². The van der Waals surface area contributed by atoms with E-state index in [1.807, 2.05) is 20.3 Å². The molecule has 3 aliphatic heterocycles. The second-order valence-corrected chi connectivity index (χ2v) is 12.6. The molecule has 214 valence electrons. The first-order chi connectivity index (χ1) is 18.3. The van der Waals surface area contributed by atoms with Crippen LogP contribution >= 0.6 is 0 Å². The summed E-state index contributed by atoms with van der Waals surface area (Å²) in [6.07, 6.45) is 6.53. The Morgan fingerprint density at radius 3 is 2.58 bits per heavy atom. The average Bonchev–Trinajstić information content (AvgIpc) is 2.89. The fourth-order valence-electron chi connectivity index (χ4n) is 7.56. The number of carbonyl (C=O) groups is 2. The first-order valence-corrected chi connectivity index (χ1v) is 15.0. The zero-order chi connectivity index (χ0) is 27.0. The van der Waals surface area contributed by atoms with Gasteiger partial charge in [0.1, 0.15) is 6.17 Å². The molecule has 2 aliphatic carbocycles. The molecule has 2 saturated carbocycles. The quantitative estimate of drug-likeness (QED) is 0.378. The Labute approximate surface area is 227 Å². The zero-order valence-electron chi connectivity index (χ0n) is 23.8. The summed E-state index contributed by atoms with van der Waals surface area (Å²) in [4.78, 5) is 36.1. The van der Waals surface area contributed by atoms with Crippen LogP contribution in [0.3, 0.4) is 0 Å². The van der Waals surface area contributed by atoms with Crippen LogP contribution in [0.5, 0.6) is 0 Å². The van der Waals surface area contributed by atoms with E-state index in [4.69, 9.17) is 4.74 Å². The number of unbranched alkanes of at least 4 members (excludes halogenated alkanes) is 1. The molecule has 5 aliphatic rings. The van der Waals surface area contributed by atoms with Gasteiger partial charge in [-0.2, -0.15) is 0 Å². The molecule has 7 atom stereocenters. The first kappa shape index (κ1) is 28.0. The number of morpholine rings is 1. The van der Waals surface area contributed by atoms with E-state index in [-0.39, 0.29) is 54.0 Å². The lowest BCUT2D eigenvalue weighted by atomic mass is 9.69. The van der Waals surface area contributed by atoms with E-state index in [1.165, 1.54) is 0 Å². The summed E-state index contributed by atoms with van der Waals surface area (Å²) >= 11 is 0. The van der Waals surface area contributed by atoms with E-state index in [9.17, 15) is 9.59 Å². The summed E-state index contributed by atoms with van der Waals surface area (Å²) in [6.45, 7) is 9.41. The van der Waals surface area contributed by atoms with Gasteiger partial charge in [-0.1, -0.05) is 12.8 Å². The lowest BCUT2D eigenvalue weighted by Gasteiger charge is -2.60. The van der Waals surface area contributed by atoms with Gasteiger partial charge in [-0.25, -0.2) is 4.39 Å². The lowest BCUT2D eigenvalue weighted by Crippen LogP contribution is -2.74. The Morgan fingerprint density at radius 2 is 1.87 bits per heavy atom. The maximum atomic E-state index is 16.1. The van der Waals surface area contributed by atoms with Crippen LogP contribution in [0.25, 0.3) is 0 Å². The minimum Gasteiger partial charge on any atom is -0.369 e. The molecule has 0 aromatic rings. The SMILES string of the molecule is CC(C)N1CCN(C2C(F)CC3C(=O)C(C(=O)NCCCCN(C)C)=CN4C5CCCCC5OC2C34)CC1. The predicted octanol–water partition coefficient (Wildman–Crippen LogP) is 2.04. The fraction of sp³-hybridized carbons (Fsp3) is 0.862. The van der Waals surface area contributed by atoms with Gasteiger partial charge in [0.25, 0.3) is 5.91 Å². The molecular weight excluding hydrogens is 485 g/mol. The molecule has 38 heavy (non-hydrogen) atoms. The molecule has 9 heteroatoms. The van der Waals surface area contributed by atoms with Gasteiger partial charge < -0.3 is 19.9 Å². The number of hydrogen-bond acceptors (Lipinski definition) is 7. The number of fused-ring (bicyclic) bond motifs is 2. The molecule has 0 aromatic carbocycles. The normalized spacial score (nSPS) is 36.2. The van der Waals surface area contributed by atoms with Gasteiger partial charge in [0.2, 0.25) is 0 Å². The van der Waals surface area contributed by atoms with Gasteiger partial charge in [0.15, 0.2) is 5.78 Å². The highest BCUT2D eigenvalue weighted by atomic mass is 19.1. The van der Waals surface area contributed by atoms with Crippen LogP contribution in [0.4, 0.5) is 4.39 Å². The maximum Gasteiger partial charge on any atom is 0.256 e. The van der Waals surface area contributed by atoms with Gasteiger partial charge in [-0.3, -0.25) is 19.4 Å². The number of nitrogens with zero attached hydrogens (tertiary/aromatic N) is 4. The van der Waals surface area contributed by atoms with Gasteiger partial charge >= 0.3 is 0 Å². The number of hydrogen-bond donors (Lipinski definition) is 1. The fourth-order valence-corrected chi connectivity index (χ4v) is 7.56. The number of carbonyl (C=O) groups excluding carboxylic acids is 2. The smallest absolute Gasteiger partial charge is 0.256 e. The minimum atomic E-state index is -1.15. The number of Topliss-reactive ketones (excluding diaryl/α,β-unsaturated/α-hetero) is 1. The Bertz CT molecular complexity index is 889. The van der Waals surface area contributed by atoms with Crippen LogP contribution < -0.4 is 5.32 Å². The van der Waals surface area contributed by atoms with Crippen molar-refractivity contribution in [1.82, 2.24) is 24.9 Å².